The molecule has 1 amide bonds. The third-order valence-corrected chi connectivity index (χ3v) is 3.21. The number of nitriles is 1. The number of rotatable bonds is 4. The predicted molar refractivity (Wildman–Crippen MR) is 65.7 cm³/mol. The van der Waals surface area contributed by atoms with Gasteiger partial charge in [-0.3, -0.25) is 4.79 Å². The lowest BCUT2D eigenvalue weighted by molar-refractivity contribution is -0.136. The molecule has 16 heavy (non-hydrogen) atoms. The van der Waals surface area contributed by atoms with E-state index in [9.17, 15) is 4.79 Å². The Kier molecular flexibility index (Phi) is 5.50. The summed E-state index contributed by atoms with van der Waals surface area (Å²) < 4.78 is 0. The van der Waals surface area contributed by atoms with Crippen molar-refractivity contribution in [3.63, 3.8) is 0 Å². The van der Waals surface area contributed by atoms with E-state index in [1.165, 1.54) is 0 Å². The minimum absolute atomic E-state index is 0.0383. The number of carbonyl (C=O) groups is 1. The Balaban J connectivity index is 4.67. The van der Waals surface area contributed by atoms with Gasteiger partial charge in [-0.25, -0.2) is 0 Å². The number of hydrogen-bond acceptors (Lipinski definition) is 2. The van der Waals surface area contributed by atoms with Crippen molar-refractivity contribution >= 4 is 5.91 Å². The van der Waals surface area contributed by atoms with Gasteiger partial charge in [0, 0.05) is 13.1 Å². The average Bonchev–Trinajstić information content (AvgIpc) is 2.21. The van der Waals surface area contributed by atoms with Crippen molar-refractivity contribution in [3.8, 4) is 6.07 Å². The van der Waals surface area contributed by atoms with Gasteiger partial charge in [-0.15, -0.1) is 0 Å². The molecule has 0 N–H and O–H groups in total. The van der Waals surface area contributed by atoms with Crippen LogP contribution in [-0.2, 0) is 4.79 Å². The van der Waals surface area contributed by atoms with Crippen LogP contribution in [-0.4, -0.2) is 23.9 Å². The molecule has 0 aromatic rings. The van der Waals surface area contributed by atoms with Crippen LogP contribution in [0.15, 0.2) is 0 Å². The van der Waals surface area contributed by atoms with Crippen LogP contribution in [0.5, 0.6) is 0 Å². The van der Waals surface area contributed by atoms with E-state index in [1.54, 1.807) is 11.9 Å². The summed E-state index contributed by atoms with van der Waals surface area (Å²) in [7, 11) is 1.79. The molecule has 0 bridgehead atoms. The van der Waals surface area contributed by atoms with Crippen molar-refractivity contribution in [2.24, 2.45) is 11.3 Å². The minimum atomic E-state index is -0.486. The van der Waals surface area contributed by atoms with Gasteiger partial charge in [0.25, 0.3) is 0 Å². The number of carbonyl (C=O) groups excluding carboxylic acids is 1. The fraction of sp³-hybridized carbons (Fsp3) is 0.846. The fourth-order valence-electron chi connectivity index (χ4n) is 1.55. The van der Waals surface area contributed by atoms with Crippen LogP contribution in [0.3, 0.4) is 0 Å². The summed E-state index contributed by atoms with van der Waals surface area (Å²) in [5.41, 5.74) is 0.0383. The Labute approximate surface area is 99.4 Å². The summed E-state index contributed by atoms with van der Waals surface area (Å²) >= 11 is 0. The van der Waals surface area contributed by atoms with Crippen LogP contribution in [0.1, 0.15) is 47.5 Å². The number of amides is 1. The molecule has 0 aliphatic carbocycles. The number of hydrogen-bond donors (Lipinski definition) is 0. The van der Waals surface area contributed by atoms with Crippen molar-refractivity contribution < 1.29 is 4.79 Å². The van der Waals surface area contributed by atoms with Gasteiger partial charge >= 0.3 is 0 Å². The summed E-state index contributed by atoms with van der Waals surface area (Å²) in [4.78, 5) is 13.8. The van der Waals surface area contributed by atoms with Gasteiger partial charge in [-0.05, 0) is 18.8 Å². The Morgan fingerprint density at radius 1 is 1.44 bits per heavy atom. The lowest BCUT2D eigenvalue weighted by atomic mass is 9.86. The predicted octanol–water partition coefficient (Wildman–Crippen LogP) is 2.82. The molecule has 0 fully saturated rings. The van der Waals surface area contributed by atoms with E-state index >= 15 is 0 Å². The second-order valence-electron chi connectivity index (χ2n) is 5.46. The van der Waals surface area contributed by atoms with Crippen LogP contribution >= 0.6 is 0 Å². The highest BCUT2D eigenvalue weighted by Gasteiger charge is 2.30. The molecular formula is C13H24N2O. The molecular weight excluding hydrogens is 200 g/mol. The van der Waals surface area contributed by atoms with E-state index in [0.29, 0.717) is 6.42 Å². The van der Waals surface area contributed by atoms with Crippen LogP contribution in [0, 0.1) is 22.7 Å². The Morgan fingerprint density at radius 3 is 2.25 bits per heavy atom. The molecule has 0 aliphatic heterocycles. The number of nitrogens with zero attached hydrogens (tertiary/aromatic N) is 2. The molecule has 0 aromatic carbocycles. The summed E-state index contributed by atoms with van der Waals surface area (Å²) in [6.07, 6.45) is 1.51. The molecule has 0 saturated heterocycles. The molecule has 0 spiro atoms. The van der Waals surface area contributed by atoms with Gasteiger partial charge in [-0.2, -0.15) is 5.26 Å². The molecule has 0 radical (unpaired) electrons. The van der Waals surface area contributed by atoms with E-state index in [2.05, 4.69) is 26.8 Å². The van der Waals surface area contributed by atoms with E-state index in [4.69, 9.17) is 5.26 Å². The summed E-state index contributed by atoms with van der Waals surface area (Å²) in [5, 5.41) is 8.96. The first-order chi connectivity index (χ1) is 7.25. The minimum Gasteiger partial charge on any atom is -0.341 e. The molecule has 92 valence electrons. The van der Waals surface area contributed by atoms with E-state index in [-0.39, 0.29) is 17.4 Å². The van der Waals surface area contributed by atoms with Crippen LogP contribution in [0.4, 0.5) is 0 Å². The van der Waals surface area contributed by atoms with Gasteiger partial charge in [0.1, 0.15) is 5.92 Å². The van der Waals surface area contributed by atoms with Crippen molar-refractivity contribution in [3.05, 3.63) is 0 Å². The van der Waals surface area contributed by atoms with Crippen molar-refractivity contribution in [2.45, 2.75) is 53.5 Å². The Morgan fingerprint density at radius 2 is 1.94 bits per heavy atom. The summed E-state index contributed by atoms with van der Waals surface area (Å²) in [5.74, 6) is -0.536. The molecule has 3 nitrogen and oxygen atoms in total. The molecule has 2 atom stereocenters. The quantitative estimate of drug-likeness (QED) is 0.737. The van der Waals surface area contributed by atoms with Crippen molar-refractivity contribution in [2.75, 3.05) is 7.05 Å². The van der Waals surface area contributed by atoms with Crippen LogP contribution in [0.2, 0.25) is 0 Å². The highest BCUT2D eigenvalue weighted by atomic mass is 16.2. The lowest BCUT2D eigenvalue weighted by Crippen LogP contribution is -2.45. The van der Waals surface area contributed by atoms with Gasteiger partial charge in [0.2, 0.25) is 5.91 Å². The largest absolute Gasteiger partial charge is 0.341 e. The van der Waals surface area contributed by atoms with Gasteiger partial charge in [0.15, 0.2) is 0 Å². The van der Waals surface area contributed by atoms with E-state index < -0.39 is 5.92 Å². The first kappa shape index (κ1) is 15.0. The molecule has 0 saturated carbocycles. The average molecular weight is 224 g/mol. The van der Waals surface area contributed by atoms with Gasteiger partial charge < -0.3 is 4.90 Å². The molecule has 3 heteroatoms. The van der Waals surface area contributed by atoms with Gasteiger partial charge in [-0.1, -0.05) is 34.1 Å². The second kappa shape index (κ2) is 5.89. The van der Waals surface area contributed by atoms with E-state index in [0.717, 1.165) is 6.42 Å². The van der Waals surface area contributed by atoms with Crippen molar-refractivity contribution in [1.82, 2.24) is 4.90 Å². The zero-order chi connectivity index (χ0) is 12.9. The summed E-state index contributed by atoms with van der Waals surface area (Å²) in [6.45, 7) is 10.3. The normalized spacial score (nSPS) is 15.1. The Bertz CT molecular complexity index is 273. The first-order valence-corrected chi connectivity index (χ1v) is 5.92. The maximum atomic E-state index is 12.1. The lowest BCUT2D eigenvalue weighted by Gasteiger charge is -2.36. The van der Waals surface area contributed by atoms with Crippen molar-refractivity contribution in [1.29, 1.82) is 5.26 Å². The monoisotopic (exact) mass is 224 g/mol. The maximum Gasteiger partial charge on any atom is 0.239 e. The third kappa shape index (κ3) is 3.84. The Hall–Kier alpha value is -1.04. The molecule has 0 rings (SSSR count). The first-order valence-electron chi connectivity index (χ1n) is 5.92. The molecule has 0 aromatic heterocycles. The topological polar surface area (TPSA) is 44.1 Å². The zero-order valence-corrected chi connectivity index (χ0v) is 11.4. The highest BCUT2D eigenvalue weighted by Crippen LogP contribution is 2.24. The molecule has 2 unspecified atom stereocenters. The highest BCUT2D eigenvalue weighted by molar-refractivity contribution is 5.81. The fourth-order valence-corrected chi connectivity index (χ4v) is 1.55. The maximum absolute atomic E-state index is 12.1. The van der Waals surface area contributed by atoms with Crippen LogP contribution < -0.4 is 0 Å². The van der Waals surface area contributed by atoms with Gasteiger partial charge in [0.05, 0.1) is 6.07 Å². The SMILES string of the molecule is CCCC(C#N)C(=O)N(C)C(C)C(C)(C)C. The smallest absolute Gasteiger partial charge is 0.239 e. The summed E-state index contributed by atoms with van der Waals surface area (Å²) in [6, 6.07) is 2.23. The van der Waals surface area contributed by atoms with Crippen LogP contribution in [0.25, 0.3) is 0 Å². The standard InChI is InChI=1S/C13H24N2O/c1-7-8-11(9-14)12(16)15(6)10(2)13(3,4)5/h10-11H,7-8H2,1-6H3. The molecule has 0 aliphatic rings. The molecule has 0 heterocycles. The zero-order valence-electron chi connectivity index (χ0n) is 11.4. The van der Waals surface area contributed by atoms with E-state index in [1.807, 2.05) is 13.8 Å². The second-order valence-corrected chi connectivity index (χ2v) is 5.46. The third-order valence-electron chi connectivity index (χ3n) is 3.21.